The maximum absolute atomic E-state index is 12.4. The predicted octanol–water partition coefficient (Wildman–Crippen LogP) is 4.09. The molecule has 1 N–H and O–H groups in total. The van der Waals surface area contributed by atoms with Crippen molar-refractivity contribution in [1.82, 2.24) is 9.97 Å². The van der Waals surface area contributed by atoms with Gasteiger partial charge < -0.3 is 10.2 Å². The molecule has 1 amide bonds. The molecule has 27 heavy (non-hydrogen) atoms. The van der Waals surface area contributed by atoms with Crippen LogP contribution in [0.4, 0.5) is 17.3 Å². The Hall–Kier alpha value is -3.54. The van der Waals surface area contributed by atoms with Gasteiger partial charge in [0.05, 0.1) is 5.56 Å². The highest BCUT2D eigenvalue weighted by atomic mass is 16.1. The summed E-state index contributed by atoms with van der Waals surface area (Å²) in [5.74, 6) is 0.210. The van der Waals surface area contributed by atoms with Crippen LogP contribution < -0.4 is 10.2 Å². The van der Waals surface area contributed by atoms with E-state index in [4.69, 9.17) is 0 Å². The van der Waals surface area contributed by atoms with E-state index < -0.39 is 0 Å². The molecule has 0 bridgehead atoms. The number of amides is 1. The lowest BCUT2D eigenvalue weighted by molar-refractivity contribution is 0.101. The van der Waals surface area contributed by atoms with Crippen LogP contribution in [-0.2, 0) is 0 Å². The summed E-state index contributed by atoms with van der Waals surface area (Å²) in [6.45, 7) is 4.22. The molecule has 3 aromatic rings. The van der Waals surface area contributed by atoms with Gasteiger partial charge in [-0.05, 0) is 50.2 Å². The Balaban J connectivity index is 1.72. The van der Waals surface area contributed by atoms with E-state index in [0.29, 0.717) is 29.3 Å². The first kappa shape index (κ1) is 18.3. The number of benzene rings is 2. The Labute approximate surface area is 157 Å². The van der Waals surface area contributed by atoms with Crippen molar-refractivity contribution in [2.75, 3.05) is 16.8 Å². The molecule has 2 aromatic carbocycles. The summed E-state index contributed by atoms with van der Waals surface area (Å²) in [6, 6.07) is 16.6. The van der Waals surface area contributed by atoms with Crippen LogP contribution in [0.25, 0.3) is 0 Å². The molecule has 0 spiro atoms. The van der Waals surface area contributed by atoms with E-state index in [1.165, 1.54) is 19.3 Å². The minimum atomic E-state index is -0.306. The lowest BCUT2D eigenvalue weighted by atomic mass is 10.1. The fourth-order valence-electron chi connectivity index (χ4n) is 2.62. The average molecular weight is 360 g/mol. The molecule has 0 fully saturated rings. The number of anilines is 3. The van der Waals surface area contributed by atoms with Crippen molar-refractivity contribution in [3.8, 4) is 0 Å². The fraction of sp³-hybridized carbons (Fsp3) is 0.143. The molecule has 0 unspecified atom stereocenters. The molecule has 0 aliphatic heterocycles. The molecular formula is C21H20N4O2. The van der Waals surface area contributed by atoms with Crippen LogP contribution in [0.2, 0.25) is 0 Å². The van der Waals surface area contributed by atoms with Crippen LogP contribution in [-0.4, -0.2) is 28.2 Å². The standard InChI is InChI=1S/C21H20N4O2/c1-3-25(19-7-5-4-6-8-19)21-22-13-17(14-23-21)20(27)24-18-11-9-16(10-12-18)15(2)26/h4-14H,3H2,1-2H3,(H,24,27). The molecule has 0 aliphatic rings. The second-order valence-electron chi connectivity index (χ2n) is 5.94. The zero-order valence-corrected chi connectivity index (χ0v) is 15.2. The van der Waals surface area contributed by atoms with Gasteiger partial charge in [0, 0.05) is 35.9 Å². The highest BCUT2D eigenvalue weighted by Crippen LogP contribution is 2.21. The molecule has 3 rings (SSSR count). The molecule has 0 atom stereocenters. The normalized spacial score (nSPS) is 10.3. The number of hydrogen-bond acceptors (Lipinski definition) is 5. The van der Waals surface area contributed by atoms with E-state index in [-0.39, 0.29) is 11.7 Å². The maximum Gasteiger partial charge on any atom is 0.258 e. The van der Waals surface area contributed by atoms with Gasteiger partial charge in [0.15, 0.2) is 5.78 Å². The molecule has 1 heterocycles. The third-order valence-electron chi connectivity index (χ3n) is 4.08. The Morgan fingerprint density at radius 2 is 1.56 bits per heavy atom. The summed E-state index contributed by atoms with van der Waals surface area (Å²) in [6.07, 6.45) is 3.01. The minimum Gasteiger partial charge on any atom is -0.322 e. The number of carbonyl (C=O) groups excluding carboxylic acids is 2. The predicted molar refractivity (Wildman–Crippen MR) is 106 cm³/mol. The number of aromatic nitrogens is 2. The molecule has 0 radical (unpaired) electrons. The maximum atomic E-state index is 12.4. The van der Waals surface area contributed by atoms with Crippen LogP contribution in [0.3, 0.4) is 0 Å². The molecule has 6 heteroatoms. The van der Waals surface area contributed by atoms with Gasteiger partial charge in [-0.3, -0.25) is 9.59 Å². The lowest BCUT2D eigenvalue weighted by Crippen LogP contribution is -2.20. The van der Waals surface area contributed by atoms with Crippen LogP contribution in [0.5, 0.6) is 0 Å². The monoisotopic (exact) mass is 360 g/mol. The van der Waals surface area contributed by atoms with Crippen molar-refractivity contribution in [2.45, 2.75) is 13.8 Å². The van der Waals surface area contributed by atoms with Crippen molar-refractivity contribution in [2.24, 2.45) is 0 Å². The van der Waals surface area contributed by atoms with E-state index in [9.17, 15) is 9.59 Å². The van der Waals surface area contributed by atoms with E-state index in [1.54, 1.807) is 24.3 Å². The number of hydrogen-bond donors (Lipinski definition) is 1. The van der Waals surface area contributed by atoms with Crippen LogP contribution in [0.1, 0.15) is 34.6 Å². The summed E-state index contributed by atoms with van der Waals surface area (Å²) in [7, 11) is 0. The average Bonchev–Trinajstić information content (AvgIpc) is 2.70. The minimum absolute atomic E-state index is 0.0178. The summed E-state index contributed by atoms with van der Waals surface area (Å²) >= 11 is 0. The lowest BCUT2D eigenvalue weighted by Gasteiger charge is -2.20. The Morgan fingerprint density at radius 1 is 0.926 bits per heavy atom. The van der Waals surface area contributed by atoms with Gasteiger partial charge in [0.1, 0.15) is 0 Å². The van der Waals surface area contributed by atoms with Gasteiger partial charge in [0.2, 0.25) is 5.95 Å². The first-order valence-electron chi connectivity index (χ1n) is 8.65. The van der Waals surface area contributed by atoms with Gasteiger partial charge >= 0.3 is 0 Å². The summed E-state index contributed by atoms with van der Waals surface area (Å²) < 4.78 is 0. The zero-order chi connectivity index (χ0) is 19.2. The first-order valence-corrected chi connectivity index (χ1v) is 8.65. The molecule has 0 saturated heterocycles. The second kappa shape index (κ2) is 8.23. The van der Waals surface area contributed by atoms with Crippen LogP contribution >= 0.6 is 0 Å². The summed E-state index contributed by atoms with van der Waals surface area (Å²) in [5.41, 5.74) is 2.55. The number of para-hydroxylation sites is 1. The van der Waals surface area contributed by atoms with Crippen LogP contribution in [0.15, 0.2) is 67.0 Å². The molecule has 0 saturated carbocycles. The number of nitrogens with zero attached hydrogens (tertiary/aromatic N) is 3. The molecule has 6 nitrogen and oxygen atoms in total. The highest BCUT2D eigenvalue weighted by molar-refractivity contribution is 6.04. The highest BCUT2D eigenvalue weighted by Gasteiger charge is 2.12. The Morgan fingerprint density at radius 3 is 2.11 bits per heavy atom. The number of rotatable bonds is 6. The first-order chi connectivity index (χ1) is 13.1. The van der Waals surface area contributed by atoms with Gasteiger partial charge in [-0.2, -0.15) is 0 Å². The Kier molecular flexibility index (Phi) is 5.56. The number of carbonyl (C=O) groups is 2. The fourth-order valence-corrected chi connectivity index (χ4v) is 2.62. The second-order valence-corrected chi connectivity index (χ2v) is 5.94. The van der Waals surface area contributed by atoms with Gasteiger partial charge in [-0.25, -0.2) is 9.97 Å². The van der Waals surface area contributed by atoms with E-state index in [0.717, 1.165) is 5.69 Å². The SMILES string of the molecule is CCN(c1ccccc1)c1ncc(C(=O)Nc2ccc(C(C)=O)cc2)cn1. The zero-order valence-electron chi connectivity index (χ0n) is 15.2. The Bertz CT molecular complexity index is 923. The van der Waals surface area contributed by atoms with E-state index >= 15 is 0 Å². The number of Topliss-reactive ketones (excluding diaryl/α,β-unsaturated/α-hetero) is 1. The van der Waals surface area contributed by atoms with Crippen molar-refractivity contribution >= 4 is 29.0 Å². The van der Waals surface area contributed by atoms with Crippen molar-refractivity contribution < 1.29 is 9.59 Å². The van der Waals surface area contributed by atoms with Gasteiger partial charge in [-0.15, -0.1) is 0 Å². The molecule has 1 aromatic heterocycles. The van der Waals surface area contributed by atoms with Crippen molar-refractivity contribution in [3.05, 3.63) is 78.1 Å². The third kappa shape index (κ3) is 4.36. The summed E-state index contributed by atoms with van der Waals surface area (Å²) in [4.78, 5) is 34.3. The summed E-state index contributed by atoms with van der Waals surface area (Å²) in [5, 5.41) is 2.77. The molecule has 0 aliphatic carbocycles. The number of ketones is 1. The van der Waals surface area contributed by atoms with E-state index in [1.807, 2.05) is 42.2 Å². The van der Waals surface area contributed by atoms with Gasteiger partial charge in [0.25, 0.3) is 5.91 Å². The molecule has 136 valence electrons. The topological polar surface area (TPSA) is 75.2 Å². The molecular weight excluding hydrogens is 340 g/mol. The number of nitrogens with one attached hydrogen (secondary N) is 1. The van der Waals surface area contributed by atoms with Crippen molar-refractivity contribution in [3.63, 3.8) is 0 Å². The largest absolute Gasteiger partial charge is 0.322 e. The van der Waals surface area contributed by atoms with Gasteiger partial charge in [-0.1, -0.05) is 18.2 Å². The van der Waals surface area contributed by atoms with E-state index in [2.05, 4.69) is 15.3 Å². The van der Waals surface area contributed by atoms with Crippen molar-refractivity contribution in [1.29, 1.82) is 0 Å². The quantitative estimate of drug-likeness (QED) is 0.670. The third-order valence-corrected chi connectivity index (χ3v) is 4.08. The van der Waals surface area contributed by atoms with Crippen LogP contribution in [0, 0.1) is 0 Å². The smallest absolute Gasteiger partial charge is 0.258 e.